The monoisotopic (exact) mass is 316 g/mol. The summed E-state index contributed by atoms with van der Waals surface area (Å²) >= 11 is 0. The number of aliphatic hydroxyl groups is 1. The zero-order valence-electron chi connectivity index (χ0n) is 15.5. The smallest absolute Gasteiger partial charge is 0.0894 e. The summed E-state index contributed by atoms with van der Waals surface area (Å²) in [4.78, 5) is 6.49. The number of aliphatic imine (C=N–C) groups is 1. The van der Waals surface area contributed by atoms with Crippen LogP contribution in [-0.4, -0.2) is 28.8 Å². The molecule has 0 aromatic carbocycles. The quantitative estimate of drug-likeness (QED) is 0.413. The zero-order chi connectivity index (χ0) is 17.7. The Morgan fingerprint density at radius 1 is 1.26 bits per heavy atom. The van der Waals surface area contributed by atoms with Crippen molar-refractivity contribution in [2.45, 2.75) is 60.0 Å². The van der Waals surface area contributed by atoms with Gasteiger partial charge in [-0.3, -0.25) is 4.99 Å². The Bertz CT molecular complexity index is 534. The number of hydrogen-bond acceptors (Lipinski definition) is 3. The molecule has 3 heteroatoms. The summed E-state index contributed by atoms with van der Waals surface area (Å²) in [6.07, 6.45) is 6.98. The maximum Gasteiger partial charge on any atom is 0.0894 e. The topological polar surface area (TPSA) is 35.8 Å². The highest BCUT2D eigenvalue weighted by atomic mass is 16.3. The number of allylic oxidation sites excluding steroid dienone is 5. The standard InChI is InChI=1S/C20H32N2O/c1-9-10-22-17(7)15(5)19(20(22)16(6)21-8)12-18(13(2)3)11-14(4)23/h9-11,15,17,19-20,23H,6,8,12H2,1-5,7H3/b10-9-,14-11+/t15?,17-,19?,20?/m0/s1. The largest absolute Gasteiger partial charge is 0.513 e. The van der Waals surface area contributed by atoms with E-state index in [-0.39, 0.29) is 6.04 Å². The van der Waals surface area contributed by atoms with E-state index >= 15 is 0 Å². The van der Waals surface area contributed by atoms with Gasteiger partial charge in [0, 0.05) is 6.04 Å². The van der Waals surface area contributed by atoms with Crippen LogP contribution in [0.5, 0.6) is 0 Å². The third-order valence-electron chi connectivity index (χ3n) is 4.98. The Labute approximate surface area is 141 Å². The minimum absolute atomic E-state index is 0.149. The molecule has 128 valence electrons. The predicted octanol–water partition coefficient (Wildman–Crippen LogP) is 5.25. The molecule has 0 bridgehead atoms. The number of rotatable bonds is 6. The van der Waals surface area contributed by atoms with Crippen molar-refractivity contribution < 1.29 is 5.11 Å². The van der Waals surface area contributed by atoms with Crippen molar-refractivity contribution in [3.8, 4) is 0 Å². The second kappa shape index (κ2) is 8.19. The Morgan fingerprint density at radius 3 is 2.30 bits per heavy atom. The SMILES string of the molecule is C=NC(=C)C1C(CC(/C=C(\C)O)=C(C)C)C(C)[C@H](C)N1/C=C\C. The van der Waals surface area contributed by atoms with Gasteiger partial charge in [-0.25, -0.2) is 0 Å². The average Bonchev–Trinajstić information content (AvgIpc) is 2.71. The van der Waals surface area contributed by atoms with E-state index in [2.05, 4.69) is 63.2 Å². The van der Waals surface area contributed by atoms with Gasteiger partial charge in [-0.1, -0.05) is 25.2 Å². The second-order valence-corrected chi connectivity index (χ2v) is 6.80. The normalized spacial score (nSPS) is 28.3. The van der Waals surface area contributed by atoms with Crippen LogP contribution in [0.15, 0.2) is 52.5 Å². The lowest BCUT2D eigenvalue weighted by atomic mass is 9.82. The van der Waals surface area contributed by atoms with Gasteiger partial charge < -0.3 is 10.0 Å². The van der Waals surface area contributed by atoms with Crippen molar-refractivity contribution in [2.24, 2.45) is 16.8 Å². The van der Waals surface area contributed by atoms with E-state index in [4.69, 9.17) is 0 Å². The molecule has 1 heterocycles. The maximum absolute atomic E-state index is 9.68. The molecule has 1 aliphatic rings. The molecule has 0 amide bonds. The molecule has 1 aliphatic heterocycles. The summed E-state index contributed by atoms with van der Waals surface area (Å²) in [6.45, 7) is 20.3. The van der Waals surface area contributed by atoms with Gasteiger partial charge >= 0.3 is 0 Å². The molecule has 1 fully saturated rings. The van der Waals surface area contributed by atoms with Crippen molar-refractivity contribution in [1.29, 1.82) is 0 Å². The summed E-state index contributed by atoms with van der Waals surface area (Å²) in [5.41, 5.74) is 3.25. The Morgan fingerprint density at radius 2 is 1.87 bits per heavy atom. The van der Waals surface area contributed by atoms with E-state index in [0.29, 0.717) is 23.6 Å². The fourth-order valence-corrected chi connectivity index (χ4v) is 3.52. The van der Waals surface area contributed by atoms with Crippen molar-refractivity contribution in [2.75, 3.05) is 0 Å². The first-order valence-corrected chi connectivity index (χ1v) is 8.33. The minimum Gasteiger partial charge on any atom is -0.513 e. The Hall–Kier alpha value is -1.77. The van der Waals surface area contributed by atoms with Gasteiger partial charge in [0.05, 0.1) is 17.5 Å². The molecule has 4 atom stereocenters. The highest BCUT2D eigenvalue weighted by Gasteiger charge is 2.44. The van der Waals surface area contributed by atoms with E-state index < -0.39 is 0 Å². The molecule has 3 unspecified atom stereocenters. The van der Waals surface area contributed by atoms with Crippen molar-refractivity contribution in [3.05, 3.63) is 47.5 Å². The van der Waals surface area contributed by atoms with E-state index in [1.165, 1.54) is 11.1 Å². The highest BCUT2D eigenvalue weighted by molar-refractivity contribution is 5.33. The molecule has 0 radical (unpaired) electrons. The highest BCUT2D eigenvalue weighted by Crippen LogP contribution is 2.42. The van der Waals surface area contributed by atoms with Gasteiger partial charge in [0.15, 0.2) is 0 Å². The number of hydrogen-bond donors (Lipinski definition) is 1. The lowest BCUT2D eigenvalue weighted by Gasteiger charge is -2.29. The average molecular weight is 316 g/mol. The van der Waals surface area contributed by atoms with Gasteiger partial charge in [-0.15, -0.1) is 0 Å². The van der Waals surface area contributed by atoms with Crippen LogP contribution in [0.1, 0.15) is 48.0 Å². The van der Waals surface area contributed by atoms with Crippen LogP contribution in [-0.2, 0) is 0 Å². The van der Waals surface area contributed by atoms with Gasteiger partial charge in [0.2, 0.25) is 0 Å². The van der Waals surface area contributed by atoms with Crippen LogP contribution in [0.4, 0.5) is 0 Å². The third kappa shape index (κ3) is 4.37. The second-order valence-electron chi connectivity index (χ2n) is 6.80. The summed E-state index contributed by atoms with van der Waals surface area (Å²) in [7, 11) is 0. The van der Waals surface area contributed by atoms with Crippen LogP contribution in [0.3, 0.4) is 0 Å². The predicted molar refractivity (Wildman–Crippen MR) is 101 cm³/mol. The van der Waals surface area contributed by atoms with Crippen LogP contribution < -0.4 is 0 Å². The van der Waals surface area contributed by atoms with E-state index in [0.717, 1.165) is 12.1 Å². The third-order valence-corrected chi connectivity index (χ3v) is 4.98. The summed E-state index contributed by atoms with van der Waals surface area (Å²) in [6, 6.07) is 0.563. The van der Waals surface area contributed by atoms with E-state index in [1.54, 1.807) is 6.92 Å². The van der Waals surface area contributed by atoms with Crippen molar-refractivity contribution in [1.82, 2.24) is 4.90 Å². The van der Waals surface area contributed by atoms with E-state index in [1.807, 2.05) is 13.0 Å². The Balaban J connectivity index is 3.24. The van der Waals surface area contributed by atoms with Crippen LogP contribution in [0.2, 0.25) is 0 Å². The molecule has 0 aromatic rings. The molecular formula is C20H32N2O. The maximum atomic E-state index is 9.68. The molecule has 3 nitrogen and oxygen atoms in total. The lowest BCUT2D eigenvalue weighted by Crippen LogP contribution is -2.33. The Kier molecular flexibility index (Phi) is 6.86. The fourth-order valence-electron chi connectivity index (χ4n) is 3.52. The van der Waals surface area contributed by atoms with Gasteiger partial charge in [-0.05, 0) is 77.4 Å². The van der Waals surface area contributed by atoms with Crippen molar-refractivity contribution in [3.63, 3.8) is 0 Å². The van der Waals surface area contributed by atoms with Crippen LogP contribution >= 0.6 is 0 Å². The van der Waals surface area contributed by atoms with Crippen LogP contribution in [0.25, 0.3) is 0 Å². The number of likely N-dealkylation sites (tertiary alicyclic amines) is 1. The first-order chi connectivity index (χ1) is 10.7. The summed E-state index contributed by atoms with van der Waals surface area (Å²) < 4.78 is 0. The lowest BCUT2D eigenvalue weighted by molar-refractivity contribution is 0.292. The van der Waals surface area contributed by atoms with Gasteiger partial charge in [0.25, 0.3) is 0 Å². The summed E-state index contributed by atoms with van der Waals surface area (Å²) in [5, 5.41) is 9.68. The minimum atomic E-state index is 0.149. The molecule has 0 saturated carbocycles. The van der Waals surface area contributed by atoms with E-state index in [9.17, 15) is 5.11 Å². The summed E-state index contributed by atoms with van der Waals surface area (Å²) in [5.74, 6) is 1.23. The molecule has 1 N–H and O–H groups in total. The molecule has 1 rings (SSSR count). The molecule has 23 heavy (non-hydrogen) atoms. The molecule has 0 aromatic heterocycles. The number of nitrogens with zero attached hydrogens (tertiary/aromatic N) is 2. The van der Waals surface area contributed by atoms with Crippen molar-refractivity contribution >= 4 is 6.72 Å². The van der Waals surface area contributed by atoms with Gasteiger partial charge in [0.1, 0.15) is 0 Å². The molecule has 0 aliphatic carbocycles. The molecule has 1 saturated heterocycles. The molecular weight excluding hydrogens is 284 g/mol. The van der Waals surface area contributed by atoms with Gasteiger partial charge in [-0.2, -0.15) is 0 Å². The van der Waals surface area contributed by atoms with Crippen LogP contribution in [0, 0.1) is 11.8 Å². The first kappa shape index (κ1) is 19.3. The molecule has 0 spiro atoms. The zero-order valence-corrected chi connectivity index (χ0v) is 15.5. The fraction of sp³-hybridized carbons (Fsp3) is 0.550. The number of aliphatic hydroxyl groups excluding tert-OH is 1. The first-order valence-electron chi connectivity index (χ1n) is 8.33.